The van der Waals surface area contributed by atoms with E-state index in [1.165, 1.54) is 6.07 Å². The van der Waals surface area contributed by atoms with Crippen LogP contribution >= 0.6 is 11.6 Å². The second-order valence-electron chi connectivity index (χ2n) is 5.30. The topological polar surface area (TPSA) is 84.4 Å². The fourth-order valence-electron chi connectivity index (χ4n) is 2.51. The zero-order chi connectivity index (χ0) is 15.9. The van der Waals surface area contributed by atoms with Crippen LogP contribution in [0.2, 0.25) is 5.02 Å². The van der Waals surface area contributed by atoms with Crippen LogP contribution in [0.5, 0.6) is 11.5 Å². The molecule has 0 saturated carbocycles. The zero-order valence-electron chi connectivity index (χ0n) is 12.1. The quantitative estimate of drug-likeness (QED) is 0.905. The molecule has 0 aliphatic carbocycles. The number of hydrogen-bond donors (Lipinski definition) is 2. The second kappa shape index (κ2) is 5.53. The minimum Gasteiger partial charge on any atom is -0.486 e. The van der Waals surface area contributed by atoms with Gasteiger partial charge in [0.1, 0.15) is 18.9 Å². The number of halogens is 1. The Balaban J connectivity index is 2.20. The number of carbonyl (C=O) groups is 1. The minimum atomic E-state index is -1.06. The number of hydrogen-bond acceptors (Lipinski definition) is 4. The summed E-state index contributed by atoms with van der Waals surface area (Å²) in [4.78, 5) is 11.0. The van der Waals surface area contributed by atoms with Crippen LogP contribution in [0.3, 0.4) is 0 Å². The molecule has 0 radical (unpaired) electrons. The largest absolute Gasteiger partial charge is 0.486 e. The van der Waals surface area contributed by atoms with Gasteiger partial charge in [0.25, 0.3) is 0 Å². The molecule has 2 heterocycles. The molecule has 1 aliphatic rings. The average Bonchev–Trinajstić information content (AvgIpc) is 2.96. The summed E-state index contributed by atoms with van der Waals surface area (Å²) in [5, 5.41) is 16.1. The van der Waals surface area contributed by atoms with E-state index in [-0.39, 0.29) is 11.6 Å². The SMILES string of the molecule is CC(C)c1c(-c2cc(C(=O)O)[nH]n2)cc2c(c1Cl)OCCO2. The fourth-order valence-corrected chi connectivity index (χ4v) is 2.97. The van der Waals surface area contributed by atoms with Crippen molar-refractivity contribution in [1.29, 1.82) is 0 Å². The van der Waals surface area contributed by atoms with Gasteiger partial charge in [-0.3, -0.25) is 5.10 Å². The van der Waals surface area contributed by atoms with Crippen LogP contribution in [-0.2, 0) is 0 Å². The molecule has 6 nitrogen and oxygen atoms in total. The Morgan fingerprint density at radius 2 is 2.09 bits per heavy atom. The van der Waals surface area contributed by atoms with Gasteiger partial charge in [0, 0.05) is 5.56 Å². The molecule has 22 heavy (non-hydrogen) atoms. The molecule has 7 heteroatoms. The third-order valence-corrected chi connectivity index (χ3v) is 3.85. The molecule has 0 fully saturated rings. The first kappa shape index (κ1) is 14.7. The lowest BCUT2D eigenvalue weighted by Gasteiger charge is -2.24. The lowest BCUT2D eigenvalue weighted by molar-refractivity contribution is 0.0690. The lowest BCUT2D eigenvalue weighted by atomic mass is 9.94. The van der Waals surface area contributed by atoms with Crippen molar-refractivity contribution in [3.05, 3.63) is 28.4 Å². The van der Waals surface area contributed by atoms with Crippen LogP contribution in [-0.4, -0.2) is 34.5 Å². The Bertz CT molecular complexity index is 739. The number of fused-ring (bicyclic) bond motifs is 1. The maximum Gasteiger partial charge on any atom is 0.353 e. The van der Waals surface area contributed by atoms with Crippen molar-refractivity contribution in [2.24, 2.45) is 0 Å². The summed E-state index contributed by atoms with van der Waals surface area (Å²) < 4.78 is 11.2. The van der Waals surface area contributed by atoms with Crippen molar-refractivity contribution in [2.75, 3.05) is 13.2 Å². The predicted octanol–water partition coefficient (Wildman–Crippen LogP) is 3.32. The lowest BCUT2D eigenvalue weighted by Crippen LogP contribution is -2.16. The molecule has 0 amide bonds. The molecule has 0 unspecified atom stereocenters. The zero-order valence-corrected chi connectivity index (χ0v) is 12.9. The van der Waals surface area contributed by atoms with Gasteiger partial charge in [-0.2, -0.15) is 5.10 Å². The highest BCUT2D eigenvalue weighted by Crippen LogP contribution is 2.46. The van der Waals surface area contributed by atoms with Crippen molar-refractivity contribution in [3.8, 4) is 22.8 Å². The van der Waals surface area contributed by atoms with Crippen molar-refractivity contribution in [3.63, 3.8) is 0 Å². The molecule has 1 aromatic heterocycles. The summed E-state index contributed by atoms with van der Waals surface area (Å²) in [5.41, 5.74) is 2.14. The number of rotatable bonds is 3. The molecule has 2 N–H and O–H groups in total. The number of nitrogens with one attached hydrogen (secondary N) is 1. The summed E-state index contributed by atoms with van der Waals surface area (Å²) in [6.07, 6.45) is 0. The summed E-state index contributed by atoms with van der Waals surface area (Å²) >= 11 is 6.49. The first-order valence-corrected chi connectivity index (χ1v) is 7.28. The second-order valence-corrected chi connectivity index (χ2v) is 5.68. The van der Waals surface area contributed by atoms with Crippen molar-refractivity contribution in [1.82, 2.24) is 10.2 Å². The monoisotopic (exact) mass is 322 g/mol. The Hall–Kier alpha value is -2.21. The normalized spacial score (nSPS) is 13.5. The predicted molar refractivity (Wildman–Crippen MR) is 81.1 cm³/mol. The summed E-state index contributed by atoms with van der Waals surface area (Å²) in [5.74, 6) is 0.140. The Morgan fingerprint density at radius 1 is 1.36 bits per heavy atom. The van der Waals surface area contributed by atoms with E-state index in [1.54, 1.807) is 6.07 Å². The van der Waals surface area contributed by atoms with E-state index in [1.807, 2.05) is 13.8 Å². The van der Waals surface area contributed by atoms with Gasteiger partial charge in [-0.05, 0) is 23.6 Å². The number of carboxylic acids is 1. The molecular weight excluding hydrogens is 308 g/mol. The van der Waals surface area contributed by atoms with Crippen LogP contribution in [0, 0.1) is 0 Å². The number of aromatic nitrogens is 2. The molecule has 116 valence electrons. The molecule has 0 bridgehead atoms. The molecule has 0 spiro atoms. The van der Waals surface area contributed by atoms with Gasteiger partial charge >= 0.3 is 5.97 Å². The maximum absolute atomic E-state index is 11.0. The highest BCUT2D eigenvalue weighted by atomic mass is 35.5. The number of H-pyrrole nitrogens is 1. The van der Waals surface area contributed by atoms with Crippen molar-refractivity contribution >= 4 is 17.6 Å². The number of aromatic amines is 1. The smallest absolute Gasteiger partial charge is 0.353 e. The van der Waals surface area contributed by atoms with Crippen LogP contribution in [0.4, 0.5) is 0 Å². The van der Waals surface area contributed by atoms with E-state index < -0.39 is 5.97 Å². The van der Waals surface area contributed by atoms with Gasteiger partial charge < -0.3 is 14.6 Å². The summed E-state index contributed by atoms with van der Waals surface area (Å²) in [7, 11) is 0. The first-order valence-electron chi connectivity index (χ1n) is 6.90. The molecule has 1 aliphatic heterocycles. The Labute approximate surface area is 132 Å². The van der Waals surface area contributed by atoms with Crippen LogP contribution in [0.15, 0.2) is 12.1 Å². The number of nitrogens with zero attached hydrogens (tertiary/aromatic N) is 1. The van der Waals surface area contributed by atoms with E-state index in [0.717, 1.165) is 11.1 Å². The molecular formula is C15H15ClN2O4. The third-order valence-electron chi connectivity index (χ3n) is 3.47. The van der Waals surface area contributed by atoms with Gasteiger partial charge in [-0.15, -0.1) is 0 Å². The van der Waals surface area contributed by atoms with E-state index in [4.69, 9.17) is 26.2 Å². The van der Waals surface area contributed by atoms with Gasteiger partial charge in [0.2, 0.25) is 0 Å². The van der Waals surface area contributed by atoms with Crippen LogP contribution in [0.25, 0.3) is 11.3 Å². The number of ether oxygens (including phenoxy) is 2. The van der Waals surface area contributed by atoms with Gasteiger partial charge in [-0.25, -0.2) is 4.79 Å². The fraction of sp³-hybridized carbons (Fsp3) is 0.333. The van der Waals surface area contributed by atoms with Crippen LogP contribution in [0.1, 0.15) is 35.8 Å². The Kier molecular flexibility index (Phi) is 3.70. The van der Waals surface area contributed by atoms with Gasteiger partial charge in [0.05, 0.1) is 10.7 Å². The average molecular weight is 323 g/mol. The highest BCUT2D eigenvalue weighted by Gasteiger charge is 2.25. The summed E-state index contributed by atoms with van der Waals surface area (Å²) in [6, 6.07) is 3.29. The first-order chi connectivity index (χ1) is 10.5. The van der Waals surface area contributed by atoms with Crippen molar-refractivity contribution in [2.45, 2.75) is 19.8 Å². The van der Waals surface area contributed by atoms with Crippen molar-refractivity contribution < 1.29 is 19.4 Å². The van der Waals surface area contributed by atoms with E-state index in [0.29, 0.717) is 35.4 Å². The van der Waals surface area contributed by atoms with E-state index in [2.05, 4.69) is 10.2 Å². The molecule has 1 aromatic carbocycles. The number of benzene rings is 1. The van der Waals surface area contributed by atoms with Gasteiger partial charge in [0.15, 0.2) is 11.5 Å². The van der Waals surface area contributed by atoms with E-state index >= 15 is 0 Å². The third kappa shape index (κ3) is 2.39. The standard InChI is InChI=1S/C15H15ClN2O4/c1-7(2)12-8(9-6-10(15(19)20)18-17-9)5-11-14(13(12)16)22-4-3-21-11/h5-7H,3-4H2,1-2H3,(H,17,18)(H,19,20). The molecule has 0 atom stereocenters. The minimum absolute atomic E-state index is 0.0238. The molecule has 0 saturated heterocycles. The maximum atomic E-state index is 11.0. The van der Waals surface area contributed by atoms with Crippen LogP contribution < -0.4 is 9.47 Å². The number of carboxylic acid groups (broad SMARTS) is 1. The molecule has 2 aromatic rings. The summed E-state index contributed by atoms with van der Waals surface area (Å²) in [6.45, 7) is 4.91. The Morgan fingerprint density at radius 3 is 2.73 bits per heavy atom. The number of aromatic carboxylic acids is 1. The van der Waals surface area contributed by atoms with E-state index in [9.17, 15) is 4.79 Å². The highest BCUT2D eigenvalue weighted by molar-refractivity contribution is 6.33. The van der Waals surface area contributed by atoms with Gasteiger partial charge in [-0.1, -0.05) is 25.4 Å². The molecule has 3 rings (SSSR count).